The van der Waals surface area contributed by atoms with Crippen LogP contribution in [0.3, 0.4) is 0 Å². The van der Waals surface area contributed by atoms with E-state index in [2.05, 4.69) is 30.1 Å². The Morgan fingerprint density at radius 2 is 1.95 bits per heavy atom. The zero-order valence-electron chi connectivity index (χ0n) is 11.9. The third-order valence-electron chi connectivity index (χ3n) is 3.24. The molecular weight excluding hydrogens is 256 g/mol. The second-order valence-corrected chi connectivity index (χ2v) is 4.39. The summed E-state index contributed by atoms with van der Waals surface area (Å²) < 4.78 is 0. The number of nitrogens with zero attached hydrogens (tertiary/aromatic N) is 3. The average molecular weight is 276 g/mol. The lowest BCUT2D eigenvalue weighted by Crippen LogP contribution is -2.33. The summed E-state index contributed by atoms with van der Waals surface area (Å²) in [6, 6.07) is 7.83. The van der Waals surface area contributed by atoms with Gasteiger partial charge in [0.2, 0.25) is 0 Å². The zero-order chi connectivity index (χ0) is 15.0. The molecule has 0 aliphatic carbocycles. The quantitative estimate of drug-likeness (QED) is 0.580. The van der Waals surface area contributed by atoms with Gasteiger partial charge in [0, 0.05) is 25.2 Å². The highest BCUT2D eigenvalue weighted by Gasteiger charge is 2.12. The summed E-state index contributed by atoms with van der Waals surface area (Å²) in [5.41, 5.74) is 0.784. The Hall–Kier alpha value is -1.97. The molecule has 0 aliphatic rings. The Balaban J connectivity index is 2.58. The van der Waals surface area contributed by atoms with Gasteiger partial charge in [0.1, 0.15) is 6.04 Å². The van der Waals surface area contributed by atoms with Crippen LogP contribution >= 0.6 is 0 Å². The van der Waals surface area contributed by atoms with Crippen LogP contribution in [-0.4, -0.2) is 36.0 Å². The van der Waals surface area contributed by atoms with Crippen LogP contribution in [0.4, 0.5) is 5.69 Å². The highest BCUT2D eigenvalue weighted by Crippen LogP contribution is 2.17. The molecule has 0 heterocycles. The van der Waals surface area contributed by atoms with Gasteiger partial charge < -0.3 is 4.90 Å². The molecule has 0 spiro atoms. The van der Waals surface area contributed by atoms with Gasteiger partial charge in [0.15, 0.2) is 0 Å². The van der Waals surface area contributed by atoms with Crippen molar-refractivity contribution in [3.63, 3.8) is 0 Å². The second-order valence-electron chi connectivity index (χ2n) is 4.39. The number of nitriles is 1. The first-order valence-electron chi connectivity index (χ1n) is 6.72. The summed E-state index contributed by atoms with van der Waals surface area (Å²) in [5, 5.41) is 22.9. The van der Waals surface area contributed by atoms with E-state index in [4.69, 9.17) is 0 Å². The molecule has 0 fully saturated rings. The van der Waals surface area contributed by atoms with Crippen LogP contribution < -0.4 is 5.32 Å². The second kappa shape index (κ2) is 8.25. The predicted molar refractivity (Wildman–Crippen MR) is 77.2 cm³/mol. The molecule has 1 N–H and O–H groups in total. The van der Waals surface area contributed by atoms with Crippen molar-refractivity contribution in [1.29, 1.82) is 5.26 Å². The monoisotopic (exact) mass is 276 g/mol. The lowest BCUT2D eigenvalue weighted by atomic mass is 10.1. The highest BCUT2D eigenvalue weighted by molar-refractivity contribution is 5.35. The Kier molecular flexibility index (Phi) is 6.64. The van der Waals surface area contributed by atoms with Crippen LogP contribution in [0, 0.1) is 21.4 Å². The molecule has 6 heteroatoms. The van der Waals surface area contributed by atoms with Gasteiger partial charge in [0.25, 0.3) is 5.69 Å². The highest BCUT2D eigenvalue weighted by atomic mass is 16.6. The summed E-state index contributed by atoms with van der Waals surface area (Å²) in [4.78, 5) is 12.4. The van der Waals surface area contributed by atoms with Crippen molar-refractivity contribution < 1.29 is 4.92 Å². The van der Waals surface area contributed by atoms with Crippen molar-refractivity contribution in [3.8, 4) is 6.07 Å². The standard InChI is InChI=1S/C14H20N4O2/c1-3-17(4-2)10-9-16-14(11-15)12-5-7-13(8-6-12)18(19)20/h5-8,14,16H,3-4,9-10H2,1-2H3. The molecule has 108 valence electrons. The fourth-order valence-corrected chi connectivity index (χ4v) is 1.93. The van der Waals surface area contributed by atoms with Crippen molar-refractivity contribution in [2.75, 3.05) is 26.2 Å². The maximum Gasteiger partial charge on any atom is 0.269 e. The fraction of sp³-hybridized carbons (Fsp3) is 0.500. The lowest BCUT2D eigenvalue weighted by molar-refractivity contribution is -0.384. The fourth-order valence-electron chi connectivity index (χ4n) is 1.93. The van der Waals surface area contributed by atoms with Crippen LogP contribution in [0.5, 0.6) is 0 Å². The SMILES string of the molecule is CCN(CC)CCNC(C#N)c1ccc([N+](=O)[O-])cc1. The number of nitro groups is 1. The molecular formula is C14H20N4O2. The molecule has 0 saturated carbocycles. The smallest absolute Gasteiger partial charge is 0.269 e. The minimum absolute atomic E-state index is 0.0357. The Bertz CT molecular complexity index is 463. The largest absolute Gasteiger partial charge is 0.303 e. The number of benzene rings is 1. The molecule has 0 bridgehead atoms. The van der Waals surface area contributed by atoms with Crippen LogP contribution in [0.15, 0.2) is 24.3 Å². The summed E-state index contributed by atoms with van der Waals surface area (Å²) >= 11 is 0. The Morgan fingerprint density at radius 3 is 2.40 bits per heavy atom. The molecule has 1 aromatic rings. The minimum Gasteiger partial charge on any atom is -0.303 e. The van der Waals surface area contributed by atoms with E-state index in [1.807, 2.05) is 0 Å². The number of hydrogen-bond donors (Lipinski definition) is 1. The van der Waals surface area contributed by atoms with Gasteiger partial charge in [-0.15, -0.1) is 0 Å². The first kappa shape index (κ1) is 16.1. The van der Waals surface area contributed by atoms with Crippen molar-refractivity contribution in [1.82, 2.24) is 10.2 Å². The number of nitro benzene ring substituents is 1. The maximum absolute atomic E-state index is 10.6. The topological polar surface area (TPSA) is 82.2 Å². The van der Waals surface area contributed by atoms with Crippen LogP contribution in [-0.2, 0) is 0 Å². The van der Waals surface area contributed by atoms with Gasteiger partial charge in [-0.3, -0.25) is 15.4 Å². The summed E-state index contributed by atoms with van der Waals surface area (Å²) in [6.45, 7) is 7.73. The minimum atomic E-state index is -0.445. The number of nitrogens with one attached hydrogen (secondary N) is 1. The molecule has 6 nitrogen and oxygen atoms in total. The van der Waals surface area contributed by atoms with Gasteiger partial charge in [-0.25, -0.2) is 0 Å². The number of hydrogen-bond acceptors (Lipinski definition) is 5. The molecule has 0 aromatic heterocycles. The molecule has 0 radical (unpaired) electrons. The van der Waals surface area contributed by atoms with Crippen molar-refractivity contribution in [3.05, 3.63) is 39.9 Å². The van der Waals surface area contributed by atoms with Gasteiger partial charge in [-0.05, 0) is 30.8 Å². The summed E-state index contributed by atoms with van der Waals surface area (Å²) in [6.07, 6.45) is 0. The number of likely N-dealkylation sites (N-methyl/N-ethyl adjacent to an activating group) is 1. The van der Waals surface area contributed by atoms with E-state index in [0.29, 0.717) is 6.54 Å². The third kappa shape index (κ3) is 4.61. The molecule has 1 rings (SSSR count). The van der Waals surface area contributed by atoms with E-state index < -0.39 is 11.0 Å². The number of non-ortho nitro benzene ring substituents is 1. The Labute approximate surface area is 119 Å². The van der Waals surface area contributed by atoms with Gasteiger partial charge in [-0.1, -0.05) is 13.8 Å². The van der Waals surface area contributed by atoms with E-state index >= 15 is 0 Å². The molecule has 1 aromatic carbocycles. The summed E-state index contributed by atoms with van der Waals surface area (Å²) in [5.74, 6) is 0. The first-order valence-corrected chi connectivity index (χ1v) is 6.72. The first-order chi connectivity index (χ1) is 9.62. The third-order valence-corrected chi connectivity index (χ3v) is 3.24. The molecule has 0 aliphatic heterocycles. The normalized spacial score (nSPS) is 12.1. The van der Waals surface area contributed by atoms with E-state index in [-0.39, 0.29) is 5.69 Å². The number of rotatable bonds is 8. The molecule has 0 saturated heterocycles. The van der Waals surface area contributed by atoms with E-state index in [0.717, 1.165) is 25.2 Å². The van der Waals surface area contributed by atoms with Crippen molar-refractivity contribution in [2.45, 2.75) is 19.9 Å². The average Bonchev–Trinajstić information content (AvgIpc) is 2.48. The van der Waals surface area contributed by atoms with Crippen LogP contribution in [0.1, 0.15) is 25.5 Å². The van der Waals surface area contributed by atoms with E-state index in [9.17, 15) is 15.4 Å². The van der Waals surface area contributed by atoms with Crippen LogP contribution in [0.2, 0.25) is 0 Å². The van der Waals surface area contributed by atoms with E-state index in [1.165, 1.54) is 12.1 Å². The predicted octanol–water partition coefficient (Wildman–Crippen LogP) is 2.09. The lowest BCUT2D eigenvalue weighted by Gasteiger charge is -2.19. The van der Waals surface area contributed by atoms with Gasteiger partial charge >= 0.3 is 0 Å². The van der Waals surface area contributed by atoms with Crippen LogP contribution in [0.25, 0.3) is 0 Å². The Morgan fingerprint density at radius 1 is 1.35 bits per heavy atom. The van der Waals surface area contributed by atoms with Gasteiger partial charge in [0.05, 0.1) is 11.0 Å². The molecule has 1 atom stereocenters. The summed E-state index contributed by atoms with van der Waals surface area (Å²) in [7, 11) is 0. The zero-order valence-corrected chi connectivity index (χ0v) is 11.9. The van der Waals surface area contributed by atoms with Crippen molar-refractivity contribution in [2.24, 2.45) is 0 Å². The van der Waals surface area contributed by atoms with Gasteiger partial charge in [-0.2, -0.15) is 5.26 Å². The maximum atomic E-state index is 10.6. The van der Waals surface area contributed by atoms with Crippen molar-refractivity contribution >= 4 is 5.69 Å². The molecule has 1 unspecified atom stereocenters. The van der Waals surface area contributed by atoms with E-state index in [1.54, 1.807) is 12.1 Å². The molecule has 20 heavy (non-hydrogen) atoms. The molecule has 0 amide bonds.